The number of rotatable bonds is 1. The lowest BCUT2D eigenvalue weighted by Crippen LogP contribution is -1.89. The predicted molar refractivity (Wildman–Crippen MR) is 73.5 cm³/mol. The Hall–Kier alpha value is -2.75. The SMILES string of the molecule is [c]1n[nH]c2cccc(-c3cc4ccccc4nn3)c12. The Bertz CT molecular complexity index is 879. The minimum Gasteiger partial charge on any atom is -0.277 e. The molecule has 19 heavy (non-hydrogen) atoms. The van der Waals surface area contributed by atoms with Gasteiger partial charge in [0.15, 0.2) is 0 Å². The Morgan fingerprint density at radius 1 is 0.947 bits per heavy atom. The van der Waals surface area contributed by atoms with Crippen LogP contribution >= 0.6 is 0 Å². The molecule has 4 nitrogen and oxygen atoms in total. The Morgan fingerprint density at radius 2 is 1.89 bits per heavy atom. The molecule has 0 atom stereocenters. The van der Waals surface area contributed by atoms with Crippen LogP contribution in [0.1, 0.15) is 0 Å². The van der Waals surface area contributed by atoms with Crippen molar-refractivity contribution >= 4 is 21.8 Å². The molecule has 89 valence electrons. The maximum Gasteiger partial charge on any atom is 0.122 e. The summed E-state index contributed by atoms with van der Waals surface area (Å²) in [6.07, 6.45) is 2.96. The summed E-state index contributed by atoms with van der Waals surface area (Å²) in [5.74, 6) is 0. The zero-order chi connectivity index (χ0) is 12.7. The molecular weight excluding hydrogens is 236 g/mol. The van der Waals surface area contributed by atoms with Gasteiger partial charge in [0, 0.05) is 16.3 Å². The van der Waals surface area contributed by atoms with Gasteiger partial charge in [-0.3, -0.25) is 5.10 Å². The van der Waals surface area contributed by atoms with Gasteiger partial charge in [0.2, 0.25) is 0 Å². The minimum absolute atomic E-state index is 0.835. The van der Waals surface area contributed by atoms with Gasteiger partial charge < -0.3 is 0 Å². The fourth-order valence-electron chi connectivity index (χ4n) is 2.24. The molecule has 2 heterocycles. The molecular formula is C15H9N4. The largest absolute Gasteiger partial charge is 0.277 e. The first kappa shape index (κ1) is 10.2. The minimum atomic E-state index is 0.835. The molecule has 0 aliphatic rings. The zero-order valence-corrected chi connectivity index (χ0v) is 9.96. The highest BCUT2D eigenvalue weighted by Gasteiger charge is 2.08. The van der Waals surface area contributed by atoms with Gasteiger partial charge in [-0.1, -0.05) is 30.3 Å². The Kier molecular flexibility index (Phi) is 2.08. The van der Waals surface area contributed by atoms with Gasteiger partial charge in [-0.25, -0.2) is 0 Å². The maximum absolute atomic E-state index is 4.30. The molecule has 0 saturated heterocycles. The van der Waals surface area contributed by atoms with E-state index >= 15 is 0 Å². The molecule has 4 rings (SSSR count). The summed E-state index contributed by atoms with van der Waals surface area (Å²) < 4.78 is 0. The van der Waals surface area contributed by atoms with E-state index in [1.165, 1.54) is 0 Å². The average molecular weight is 245 g/mol. The average Bonchev–Trinajstić information content (AvgIpc) is 2.95. The van der Waals surface area contributed by atoms with E-state index in [2.05, 4.69) is 26.6 Å². The molecule has 0 unspecified atom stereocenters. The van der Waals surface area contributed by atoms with E-state index in [1.807, 2.05) is 48.5 Å². The number of hydrogen-bond donors (Lipinski definition) is 1. The fraction of sp³-hybridized carbons (Fsp3) is 0. The van der Waals surface area contributed by atoms with Crippen molar-refractivity contribution < 1.29 is 0 Å². The fourth-order valence-corrected chi connectivity index (χ4v) is 2.24. The lowest BCUT2D eigenvalue weighted by atomic mass is 10.1. The first-order valence-electron chi connectivity index (χ1n) is 5.99. The number of hydrogen-bond acceptors (Lipinski definition) is 3. The van der Waals surface area contributed by atoms with Crippen LogP contribution in [0.2, 0.25) is 0 Å². The van der Waals surface area contributed by atoms with Gasteiger partial charge in [0.1, 0.15) is 6.20 Å². The highest BCUT2D eigenvalue weighted by Crippen LogP contribution is 2.26. The summed E-state index contributed by atoms with van der Waals surface area (Å²) in [5.41, 5.74) is 3.67. The molecule has 2 aromatic carbocycles. The highest BCUT2D eigenvalue weighted by atomic mass is 15.1. The van der Waals surface area contributed by atoms with Crippen LogP contribution in [0.25, 0.3) is 33.1 Å². The van der Waals surface area contributed by atoms with E-state index < -0.39 is 0 Å². The summed E-state index contributed by atoms with van der Waals surface area (Å²) in [6.45, 7) is 0. The molecule has 2 aromatic heterocycles. The van der Waals surface area contributed by atoms with Crippen LogP contribution in [-0.2, 0) is 0 Å². The van der Waals surface area contributed by atoms with Crippen LogP contribution < -0.4 is 0 Å². The number of H-pyrrole nitrogens is 1. The van der Waals surface area contributed by atoms with Crippen molar-refractivity contribution in [2.24, 2.45) is 0 Å². The third kappa shape index (κ3) is 1.57. The topological polar surface area (TPSA) is 54.5 Å². The van der Waals surface area contributed by atoms with Crippen molar-refractivity contribution in [1.82, 2.24) is 20.4 Å². The van der Waals surface area contributed by atoms with Crippen LogP contribution in [0.5, 0.6) is 0 Å². The van der Waals surface area contributed by atoms with Gasteiger partial charge in [-0.2, -0.15) is 5.10 Å². The lowest BCUT2D eigenvalue weighted by molar-refractivity contribution is 1.08. The number of aromatic nitrogens is 4. The van der Waals surface area contributed by atoms with Crippen molar-refractivity contribution in [1.29, 1.82) is 0 Å². The van der Waals surface area contributed by atoms with Crippen LogP contribution in [0.3, 0.4) is 0 Å². The quantitative estimate of drug-likeness (QED) is 0.561. The second kappa shape index (κ2) is 3.88. The molecule has 1 N–H and O–H groups in total. The molecule has 0 amide bonds. The van der Waals surface area contributed by atoms with Crippen molar-refractivity contribution in [2.75, 3.05) is 0 Å². The number of fused-ring (bicyclic) bond motifs is 2. The van der Waals surface area contributed by atoms with Crippen LogP contribution in [0, 0.1) is 6.20 Å². The zero-order valence-electron chi connectivity index (χ0n) is 9.96. The van der Waals surface area contributed by atoms with Crippen LogP contribution in [-0.4, -0.2) is 20.4 Å². The monoisotopic (exact) mass is 245 g/mol. The molecule has 0 fully saturated rings. The Morgan fingerprint density at radius 3 is 2.89 bits per heavy atom. The van der Waals surface area contributed by atoms with E-state index in [0.717, 1.165) is 33.1 Å². The smallest absolute Gasteiger partial charge is 0.122 e. The second-order valence-electron chi connectivity index (χ2n) is 4.35. The van der Waals surface area contributed by atoms with E-state index in [-0.39, 0.29) is 0 Å². The van der Waals surface area contributed by atoms with Crippen LogP contribution in [0.15, 0.2) is 48.5 Å². The van der Waals surface area contributed by atoms with Crippen molar-refractivity contribution in [3.63, 3.8) is 0 Å². The molecule has 0 spiro atoms. The van der Waals surface area contributed by atoms with Crippen LogP contribution in [0.4, 0.5) is 0 Å². The summed E-state index contributed by atoms with van der Waals surface area (Å²) in [4.78, 5) is 0. The molecule has 0 aliphatic carbocycles. The Labute approximate surface area is 109 Å². The van der Waals surface area contributed by atoms with Gasteiger partial charge in [0.05, 0.1) is 16.7 Å². The van der Waals surface area contributed by atoms with Crippen molar-refractivity contribution in [2.45, 2.75) is 0 Å². The highest BCUT2D eigenvalue weighted by molar-refractivity contribution is 5.94. The summed E-state index contributed by atoms with van der Waals surface area (Å²) in [5, 5.41) is 17.4. The summed E-state index contributed by atoms with van der Waals surface area (Å²) >= 11 is 0. The summed E-state index contributed by atoms with van der Waals surface area (Å²) in [7, 11) is 0. The van der Waals surface area contributed by atoms with E-state index in [0.29, 0.717) is 0 Å². The third-order valence-electron chi connectivity index (χ3n) is 3.18. The summed E-state index contributed by atoms with van der Waals surface area (Å²) in [6, 6.07) is 15.9. The van der Waals surface area contributed by atoms with Crippen molar-refractivity contribution in [3.05, 3.63) is 54.7 Å². The van der Waals surface area contributed by atoms with E-state index in [4.69, 9.17) is 0 Å². The first-order chi connectivity index (χ1) is 9.42. The number of nitrogens with one attached hydrogen (secondary N) is 1. The normalized spacial score (nSPS) is 11.2. The molecule has 0 bridgehead atoms. The predicted octanol–water partition coefficient (Wildman–Crippen LogP) is 2.97. The molecule has 4 aromatic rings. The maximum atomic E-state index is 4.30. The van der Waals surface area contributed by atoms with E-state index in [1.54, 1.807) is 0 Å². The molecule has 0 aliphatic heterocycles. The first-order valence-corrected chi connectivity index (χ1v) is 5.99. The number of aromatic amines is 1. The third-order valence-corrected chi connectivity index (χ3v) is 3.18. The molecule has 1 radical (unpaired) electrons. The van der Waals surface area contributed by atoms with Gasteiger partial charge >= 0.3 is 0 Å². The Balaban J connectivity index is 2.01. The number of nitrogens with zero attached hydrogens (tertiary/aromatic N) is 3. The van der Waals surface area contributed by atoms with E-state index in [9.17, 15) is 0 Å². The van der Waals surface area contributed by atoms with Gasteiger partial charge in [0.25, 0.3) is 0 Å². The standard InChI is InChI=1S/C15H9N4/c1-2-6-13-10(4-1)8-15(19-18-13)11-5-3-7-14-12(11)9-16-17-14/h1-8H,(H,16,17). The number of benzene rings is 2. The lowest BCUT2D eigenvalue weighted by Gasteiger charge is -2.03. The molecule has 4 heteroatoms. The molecule has 0 saturated carbocycles. The van der Waals surface area contributed by atoms with Gasteiger partial charge in [-0.15, -0.1) is 10.2 Å². The second-order valence-corrected chi connectivity index (χ2v) is 4.35. The van der Waals surface area contributed by atoms with Gasteiger partial charge in [-0.05, 0) is 18.2 Å². The van der Waals surface area contributed by atoms with Crippen molar-refractivity contribution in [3.8, 4) is 11.3 Å².